The maximum Gasteiger partial charge on any atom is 0.255 e. The van der Waals surface area contributed by atoms with Gasteiger partial charge in [-0.15, -0.1) is 0 Å². The van der Waals surface area contributed by atoms with Crippen LogP contribution in [-0.2, 0) is 11.3 Å². The Labute approximate surface area is 132 Å². The Bertz CT molecular complexity index is 829. The predicted molar refractivity (Wildman–Crippen MR) is 86.2 cm³/mol. The number of benzene rings is 2. The van der Waals surface area contributed by atoms with Crippen LogP contribution in [0.25, 0.3) is 11.0 Å². The number of hydrogen-bond donors (Lipinski definition) is 2. The van der Waals surface area contributed by atoms with Gasteiger partial charge in [0.2, 0.25) is 0 Å². The molecule has 0 saturated heterocycles. The van der Waals surface area contributed by atoms with E-state index in [1.165, 1.54) is 0 Å². The minimum absolute atomic E-state index is 0.210. The summed E-state index contributed by atoms with van der Waals surface area (Å²) in [6.45, 7) is 0.416. The molecule has 0 radical (unpaired) electrons. The Balaban J connectivity index is 1.82. The van der Waals surface area contributed by atoms with Gasteiger partial charge >= 0.3 is 0 Å². The molecule has 3 aromatic rings. The highest BCUT2D eigenvalue weighted by atomic mass is 35.5. The molecule has 0 unspecified atom stereocenters. The number of fused-ring (bicyclic) bond motifs is 1. The minimum atomic E-state index is -0.210. The number of amides is 1. The Kier molecular flexibility index (Phi) is 4.09. The van der Waals surface area contributed by atoms with Gasteiger partial charge in [-0.1, -0.05) is 17.7 Å². The number of H-pyrrole nitrogens is 1. The Morgan fingerprint density at radius 1 is 1.32 bits per heavy atom. The number of nitrogens with zero attached hydrogens (tertiary/aromatic N) is 1. The van der Waals surface area contributed by atoms with E-state index >= 15 is 0 Å². The number of methoxy groups -OCH3 is 1. The van der Waals surface area contributed by atoms with Gasteiger partial charge in [0.15, 0.2) is 0 Å². The third-order valence-electron chi connectivity index (χ3n) is 3.16. The van der Waals surface area contributed by atoms with E-state index in [9.17, 15) is 4.79 Å². The van der Waals surface area contributed by atoms with Gasteiger partial charge in [-0.25, -0.2) is 4.98 Å². The van der Waals surface area contributed by atoms with Crippen LogP contribution in [0.4, 0.5) is 5.69 Å². The van der Waals surface area contributed by atoms with Gasteiger partial charge in [0.25, 0.3) is 5.91 Å². The number of rotatable bonds is 4. The number of imidazole rings is 1. The highest BCUT2D eigenvalue weighted by Crippen LogP contribution is 2.19. The number of halogens is 1. The maximum atomic E-state index is 12.2. The summed E-state index contributed by atoms with van der Waals surface area (Å²) in [6, 6.07) is 12.3. The fourth-order valence-corrected chi connectivity index (χ4v) is 2.37. The topological polar surface area (TPSA) is 67.0 Å². The molecule has 6 heteroatoms. The molecule has 0 aliphatic rings. The molecule has 0 fully saturated rings. The zero-order valence-electron chi connectivity index (χ0n) is 11.9. The molecule has 0 atom stereocenters. The highest BCUT2D eigenvalue weighted by Gasteiger charge is 2.08. The van der Waals surface area contributed by atoms with Crippen molar-refractivity contribution in [3.05, 3.63) is 58.9 Å². The monoisotopic (exact) mass is 315 g/mol. The van der Waals surface area contributed by atoms with Crippen LogP contribution in [-0.4, -0.2) is 23.0 Å². The van der Waals surface area contributed by atoms with Crippen molar-refractivity contribution in [3.8, 4) is 0 Å². The summed E-state index contributed by atoms with van der Waals surface area (Å²) in [4.78, 5) is 19.7. The van der Waals surface area contributed by atoms with Crippen molar-refractivity contribution in [2.75, 3.05) is 12.4 Å². The summed E-state index contributed by atoms with van der Waals surface area (Å²) < 4.78 is 5.05. The van der Waals surface area contributed by atoms with Crippen LogP contribution in [0.15, 0.2) is 42.5 Å². The van der Waals surface area contributed by atoms with Crippen molar-refractivity contribution in [1.82, 2.24) is 9.97 Å². The van der Waals surface area contributed by atoms with E-state index < -0.39 is 0 Å². The lowest BCUT2D eigenvalue weighted by Crippen LogP contribution is -2.11. The van der Waals surface area contributed by atoms with Gasteiger partial charge in [-0.2, -0.15) is 0 Å². The second-order valence-corrected chi connectivity index (χ2v) is 5.25. The lowest BCUT2D eigenvalue weighted by Gasteiger charge is -2.05. The first-order valence-corrected chi connectivity index (χ1v) is 7.08. The third kappa shape index (κ3) is 3.10. The summed E-state index contributed by atoms with van der Waals surface area (Å²) in [5.41, 5.74) is 2.87. The number of hydrogen-bond acceptors (Lipinski definition) is 3. The molecule has 0 aliphatic carbocycles. The summed E-state index contributed by atoms with van der Waals surface area (Å²) in [6.07, 6.45) is 0. The normalized spacial score (nSPS) is 10.8. The van der Waals surface area contributed by atoms with Gasteiger partial charge in [0, 0.05) is 23.4 Å². The maximum absolute atomic E-state index is 12.2. The standard InChI is InChI=1S/C16H14ClN3O2/c1-22-9-15-19-13-6-5-12(8-14(13)20-15)18-16(21)10-3-2-4-11(17)7-10/h2-8H,9H2,1H3,(H,18,21)(H,19,20). The van der Waals surface area contributed by atoms with Gasteiger partial charge in [0.05, 0.1) is 11.0 Å². The van der Waals surface area contributed by atoms with E-state index in [4.69, 9.17) is 16.3 Å². The number of nitrogens with one attached hydrogen (secondary N) is 2. The molecular formula is C16H14ClN3O2. The molecule has 5 nitrogen and oxygen atoms in total. The van der Waals surface area contributed by atoms with Crippen LogP contribution >= 0.6 is 11.6 Å². The molecule has 0 saturated carbocycles. The largest absolute Gasteiger partial charge is 0.377 e. The van der Waals surface area contributed by atoms with Crippen LogP contribution in [0, 0.1) is 0 Å². The molecule has 1 amide bonds. The lowest BCUT2D eigenvalue weighted by molar-refractivity contribution is 0.102. The number of aromatic amines is 1. The van der Waals surface area contributed by atoms with Crippen molar-refractivity contribution in [3.63, 3.8) is 0 Å². The fourth-order valence-electron chi connectivity index (χ4n) is 2.18. The van der Waals surface area contributed by atoms with Crippen LogP contribution in [0.2, 0.25) is 5.02 Å². The van der Waals surface area contributed by atoms with E-state index in [0.717, 1.165) is 16.9 Å². The fraction of sp³-hybridized carbons (Fsp3) is 0.125. The lowest BCUT2D eigenvalue weighted by atomic mass is 10.2. The minimum Gasteiger partial charge on any atom is -0.377 e. The summed E-state index contributed by atoms with van der Waals surface area (Å²) >= 11 is 5.90. The van der Waals surface area contributed by atoms with Gasteiger partial charge in [-0.05, 0) is 36.4 Å². The second kappa shape index (κ2) is 6.17. The molecule has 2 N–H and O–H groups in total. The first-order chi connectivity index (χ1) is 10.7. The number of aromatic nitrogens is 2. The zero-order valence-corrected chi connectivity index (χ0v) is 12.6. The van der Waals surface area contributed by atoms with E-state index in [0.29, 0.717) is 22.9 Å². The van der Waals surface area contributed by atoms with Crippen molar-refractivity contribution < 1.29 is 9.53 Å². The predicted octanol–water partition coefficient (Wildman–Crippen LogP) is 3.62. The quantitative estimate of drug-likeness (QED) is 0.772. The van der Waals surface area contributed by atoms with Gasteiger partial charge in [0.1, 0.15) is 12.4 Å². The average molecular weight is 316 g/mol. The molecule has 22 heavy (non-hydrogen) atoms. The van der Waals surface area contributed by atoms with Gasteiger partial charge < -0.3 is 15.0 Å². The SMILES string of the molecule is COCc1nc2ccc(NC(=O)c3cccc(Cl)c3)cc2[nH]1. The molecule has 0 spiro atoms. The molecule has 112 valence electrons. The van der Waals surface area contributed by atoms with Crippen molar-refractivity contribution in [2.24, 2.45) is 0 Å². The Hall–Kier alpha value is -2.37. The number of carbonyl (C=O) groups is 1. The zero-order chi connectivity index (χ0) is 15.5. The smallest absolute Gasteiger partial charge is 0.255 e. The average Bonchev–Trinajstić information content (AvgIpc) is 2.89. The summed E-state index contributed by atoms with van der Waals surface area (Å²) in [5.74, 6) is 0.536. The van der Waals surface area contributed by atoms with Crippen molar-refractivity contribution >= 4 is 34.2 Å². The second-order valence-electron chi connectivity index (χ2n) is 4.81. The molecule has 1 heterocycles. The van der Waals surface area contributed by atoms with Crippen LogP contribution < -0.4 is 5.32 Å². The molecule has 2 aromatic carbocycles. The van der Waals surface area contributed by atoms with Gasteiger partial charge in [-0.3, -0.25) is 4.79 Å². The van der Waals surface area contributed by atoms with Crippen LogP contribution in [0.5, 0.6) is 0 Å². The molecule has 1 aromatic heterocycles. The van der Waals surface area contributed by atoms with E-state index in [-0.39, 0.29) is 5.91 Å². The van der Waals surface area contributed by atoms with Crippen LogP contribution in [0.1, 0.15) is 16.2 Å². The summed E-state index contributed by atoms with van der Waals surface area (Å²) in [7, 11) is 1.61. The van der Waals surface area contributed by atoms with Crippen LogP contribution in [0.3, 0.4) is 0 Å². The molecule has 0 aliphatic heterocycles. The molecular weight excluding hydrogens is 302 g/mol. The number of ether oxygens (including phenoxy) is 1. The first-order valence-electron chi connectivity index (χ1n) is 6.70. The number of carbonyl (C=O) groups excluding carboxylic acids is 1. The van der Waals surface area contributed by atoms with E-state index in [2.05, 4.69) is 15.3 Å². The highest BCUT2D eigenvalue weighted by molar-refractivity contribution is 6.31. The van der Waals surface area contributed by atoms with E-state index in [1.807, 2.05) is 18.2 Å². The van der Waals surface area contributed by atoms with Crippen molar-refractivity contribution in [2.45, 2.75) is 6.61 Å². The first kappa shape index (κ1) is 14.6. The van der Waals surface area contributed by atoms with Crippen molar-refractivity contribution in [1.29, 1.82) is 0 Å². The Morgan fingerprint density at radius 3 is 2.95 bits per heavy atom. The summed E-state index contributed by atoms with van der Waals surface area (Å²) in [5, 5.41) is 3.37. The Morgan fingerprint density at radius 2 is 2.18 bits per heavy atom. The number of anilines is 1. The van der Waals surface area contributed by atoms with E-state index in [1.54, 1.807) is 31.4 Å². The third-order valence-corrected chi connectivity index (χ3v) is 3.39. The molecule has 0 bridgehead atoms. The molecule has 3 rings (SSSR count).